The molecule has 0 aliphatic heterocycles. The van der Waals surface area contributed by atoms with Gasteiger partial charge in [0.25, 0.3) is 0 Å². The van der Waals surface area contributed by atoms with Crippen LogP contribution in [0.4, 0.5) is 0 Å². The molecular formula is C16H21N3O. The molecule has 106 valence electrons. The van der Waals surface area contributed by atoms with Gasteiger partial charge in [0.05, 0.1) is 19.0 Å². The zero-order valence-corrected chi connectivity index (χ0v) is 12.1. The summed E-state index contributed by atoms with van der Waals surface area (Å²) in [4.78, 5) is 2.11. The number of benzene rings is 1. The van der Waals surface area contributed by atoms with E-state index >= 15 is 0 Å². The summed E-state index contributed by atoms with van der Waals surface area (Å²) in [6.07, 6.45) is 0.528. The summed E-state index contributed by atoms with van der Waals surface area (Å²) >= 11 is 0. The summed E-state index contributed by atoms with van der Waals surface area (Å²) in [5.74, 6) is 6.60. The third-order valence-corrected chi connectivity index (χ3v) is 3.02. The Kier molecular flexibility index (Phi) is 7.21. The molecule has 0 aromatic heterocycles. The van der Waals surface area contributed by atoms with Gasteiger partial charge in [0, 0.05) is 18.2 Å². The average molecular weight is 271 g/mol. The molecule has 20 heavy (non-hydrogen) atoms. The molecular weight excluding hydrogens is 250 g/mol. The van der Waals surface area contributed by atoms with Gasteiger partial charge in [0.15, 0.2) is 0 Å². The zero-order valence-electron chi connectivity index (χ0n) is 12.1. The summed E-state index contributed by atoms with van der Waals surface area (Å²) in [6, 6.07) is 10.1. The average Bonchev–Trinajstić information content (AvgIpc) is 2.45. The Balaban J connectivity index is 2.44. The van der Waals surface area contributed by atoms with Gasteiger partial charge in [-0.15, -0.1) is 0 Å². The van der Waals surface area contributed by atoms with Crippen LogP contribution in [-0.2, 0) is 0 Å². The van der Waals surface area contributed by atoms with E-state index in [4.69, 9.17) is 15.7 Å². The van der Waals surface area contributed by atoms with E-state index < -0.39 is 0 Å². The molecule has 0 heterocycles. The fourth-order valence-corrected chi connectivity index (χ4v) is 1.63. The normalized spacial score (nSPS) is 11.3. The van der Waals surface area contributed by atoms with E-state index in [0.29, 0.717) is 19.6 Å². The maximum absolute atomic E-state index is 8.66. The highest BCUT2D eigenvalue weighted by Crippen LogP contribution is 2.12. The lowest BCUT2D eigenvalue weighted by molar-refractivity contribution is 0.201. The SMILES string of the molecule is CC(CC#N)N(C)CCOc1cccc(C#CCN)c1. The fraction of sp³-hybridized carbons (Fsp3) is 0.438. The molecule has 1 atom stereocenters. The number of likely N-dealkylation sites (N-methyl/N-ethyl adjacent to an activating group) is 1. The van der Waals surface area contributed by atoms with E-state index in [1.54, 1.807) is 0 Å². The molecule has 1 aromatic rings. The third kappa shape index (κ3) is 5.75. The molecule has 4 heteroatoms. The first-order valence-electron chi connectivity index (χ1n) is 6.66. The summed E-state index contributed by atoms with van der Waals surface area (Å²) in [7, 11) is 1.99. The van der Waals surface area contributed by atoms with Crippen molar-refractivity contribution in [2.24, 2.45) is 5.73 Å². The first-order chi connectivity index (χ1) is 9.67. The minimum atomic E-state index is 0.241. The van der Waals surface area contributed by atoms with Crippen LogP contribution in [0, 0.1) is 23.2 Å². The molecule has 0 saturated carbocycles. The van der Waals surface area contributed by atoms with Crippen molar-refractivity contribution in [2.45, 2.75) is 19.4 Å². The number of nitrogens with zero attached hydrogens (tertiary/aromatic N) is 2. The molecule has 0 bridgehead atoms. The maximum atomic E-state index is 8.66. The number of nitrogens with two attached hydrogens (primary N) is 1. The Labute approximate surface area is 121 Å². The van der Waals surface area contributed by atoms with Crippen LogP contribution in [-0.4, -0.2) is 37.7 Å². The van der Waals surface area contributed by atoms with Crippen LogP contribution in [0.2, 0.25) is 0 Å². The van der Waals surface area contributed by atoms with Gasteiger partial charge in [-0.25, -0.2) is 0 Å². The number of rotatable bonds is 6. The molecule has 0 saturated heterocycles. The van der Waals surface area contributed by atoms with E-state index in [1.165, 1.54) is 0 Å². The molecule has 0 fully saturated rings. The molecule has 1 unspecified atom stereocenters. The second kappa shape index (κ2) is 8.98. The van der Waals surface area contributed by atoms with Gasteiger partial charge in [-0.1, -0.05) is 17.9 Å². The van der Waals surface area contributed by atoms with Gasteiger partial charge in [0.1, 0.15) is 12.4 Å². The van der Waals surface area contributed by atoms with Crippen molar-refractivity contribution in [3.05, 3.63) is 29.8 Å². The lowest BCUT2D eigenvalue weighted by Gasteiger charge is -2.22. The van der Waals surface area contributed by atoms with Crippen LogP contribution in [0.1, 0.15) is 18.9 Å². The van der Waals surface area contributed by atoms with Crippen LogP contribution < -0.4 is 10.5 Å². The highest BCUT2D eigenvalue weighted by molar-refractivity contribution is 5.39. The maximum Gasteiger partial charge on any atom is 0.120 e. The smallest absolute Gasteiger partial charge is 0.120 e. The number of ether oxygens (including phenoxy) is 1. The minimum Gasteiger partial charge on any atom is -0.492 e. The quantitative estimate of drug-likeness (QED) is 0.798. The second-order valence-electron chi connectivity index (χ2n) is 4.57. The van der Waals surface area contributed by atoms with E-state index in [-0.39, 0.29) is 6.04 Å². The summed E-state index contributed by atoms with van der Waals surface area (Å²) in [5.41, 5.74) is 6.25. The van der Waals surface area contributed by atoms with Crippen molar-refractivity contribution in [3.63, 3.8) is 0 Å². The molecule has 0 amide bonds. The van der Waals surface area contributed by atoms with E-state index in [9.17, 15) is 0 Å². The molecule has 0 aliphatic carbocycles. The molecule has 1 rings (SSSR count). The molecule has 0 spiro atoms. The predicted octanol–water partition coefficient (Wildman–Crippen LogP) is 1.61. The van der Waals surface area contributed by atoms with Gasteiger partial charge in [-0.2, -0.15) is 5.26 Å². The summed E-state index contributed by atoms with van der Waals surface area (Å²) < 4.78 is 5.70. The van der Waals surface area contributed by atoms with Crippen molar-refractivity contribution in [2.75, 3.05) is 26.7 Å². The Bertz CT molecular complexity index is 510. The van der Waals surface area contributed by atoms with Gasteiger partial charge < -0.3 is 10.5 Å². The van der Waals surface area contributed by atoms with Crippen LogP contribution in [0.5, 0.6) is 5.75 Å². The number of nitriles is 1. The fourth-order valence-electron chi connectivity index (χ4n) is 1.63. The zero-order chi connectivity index (χ0) is 14.8. The Morgan fingerprint density at radius 1 is 1.45 bits per heavy atom. The Morgan fingerprint density at radius 2 is 2.25 bits per heavy atom. The van der Waals surface area contributed by atoms with E-state index in [2.05, 4.69) is 22.8 Å². The predicted molar refractivity (Wildman–Crippen MR) is 80.2 cm³/mol. The molecule has 0 aliphatic rings. The van der Waals surface area contributed by atoms with Gasteiger partial charge in [-0.05, 0) is 32.2 Å². The molecule has 1 aromatic carbocycles. The Morgan fingerprint density at radius 3 is 2.95 bits per heavy atom. The molecule has 0 radical (unpaired) electrons. The lowest BCUT2D eigenvalue weighted by Crippen LogP contribution is -2.32. The van der Waals surface area contributed by atoms with Crippen LogP contribution in [0.25, 0.3) is 0 Å². The van der Waals surface area contributed by atoms with E-state index in [0.717, 1.165) is 17.9 Å². The van der Waals surface area contributed by atoms with Crippen molar-refractivity contribution in [3.8, 4) is 23.7 Å². The standard InChI is InChI=1S/C16H21N3O/c1-14(8-10-18)19(2)11-12-20-16-7-3-5-15(13-16)6-4-9-17/h3,5,7,13-14H,8-9,11-12,17H2,1-2H3. The second-order valence-corrected chi connectivity index (χ2v) is 4.57. The molecule has 2 N–H and O–H groups in total. The molecule has 4 nitrogen and oxygen atoms in total. The topological polar surface area (TPSA) is 62.3 Å². The van der Waals surface area contributed by atoms with Crippen molar-refractivity contribution < 1.29 is 4.74 Å². The first-order valence-corrected chi connectivity index (χ1v) is 6.66. The van der Waals surface area contributed by atoms with Gasteiger partial charge >= 0.3 is 0 Å². The monoisotopic (exact) mass is 271 g/mol. The third-order valence-electron chi connectivity index (χ3n) is 3.02. The van der Waals surface area contributed by atoms with E-state index in [1.807, 2.05) is 38.2 Å². The van der Waals surface area contributed by atoms with Crippen LogP contribution >= 0.6 is 0 Å². The lowest BCUT2D eigenvalue weighted by atomic mass is 10.2. The first kappa shape index (κ1) is 16.0. The van der Waals surface area contributed by atoms with Gasteiger partial charge in [0.2, 0.25) is 0 Å². The number of hydrogen-bond acceptors (Lipinski definition) is 4. The highest BCUT2D eigenvalue weighted by atomic mass is 16.5. The summed E-state index contributed by atoms with van der Waals surface area (Å²) in [5, 5.41) is 8.66. The van der Waals surface area contributed by atoms with Crippen LogP contribution in [0.3, 0.4) is 0 Å². The number of hydrogen-bond donors (Lipinski definition) is 1. The van der Waals surface area contributed by atoms with Crippen molar-refractivity contribution >= 4 is 0 Å². The largest absolute Gasteiger partial charge is 0.492 e. The van der Waals surface area contributed by atoms with Crippen molar-refractivity contribution in [1.82, 2.24) is 4.90 Å². The van der Waals surface area contributed by atoms with Crippen LogP contribution in [0.15, 0.2) is 24.3 Å². The summed E-state index contributed by atoms with van der Waals surface area (Å²) in [6.45, 7) is 3.75. The van der Waals surface area contributed by atoms with Gasteiger partial charge in [-0.3, -0.25) is 4.90 Å². The highest BCUT2D eigenvalue weighted by Gasteiger charge is 2.08. The minimum absolute atomic E-state index is 0.241. The Hall–Kier alpha value is -2.01. The van der Waals surface area contributed by atoms with Crippen molar-refractivity contribution in [1.29, 1.82) is 5.26 Å².